The van der Waals surface area contributed by atoms with Crippen molar-refractivity contribution in [3.05, 3.63) is 29.3 Å². The number of carbonyl (C=O) groups is 1. The van der Waals surface area contributed by atoms with Crippen LogP contribution >= 0.6 is 0 Å². The molecule has 0 aliphatic heterocycles. The number of amides is 1. The van der Waals surface area contributed by atoms with Gasteiger partial charge in [0.1, 0.15) is 6.61 Å². The fraction of sp³-hybridized carbons (Fsp3) is 0.462. The lowest BCUT2D eigenvalue weighted by atomic mass is 10.1. The molecule has 0 saturated carbocycles. The van der Waals surface area contributed by atoms with E-state index in [1.165, 1.54) is 0 Å². The van der Waals surface area contributed by atoms with Crippen LogP contribution < -0.4 is 10.6 Å². The zero-order chi connectivity index (χ0) is 15.2. The number of nitrogens with one attached hydrogen (secondary N) is 2. The second-order valence-electron chi connectivity index (χ2n) is 4.22. The quantitative estimate of drug-likeness (QED) is 0.791. The normalized spacial score (nSPS) is 11.2. The summed E-state index contributed by atoms with van der Waals surface area (Å²) in [6.07, 6.45) is -4.35. The van der Waals surface area contributed by atoms with E-state index in [-0.39, 0.29) is 19.1 Å². The Balaban J connectivity index is 2.44. The average molecular weight is 290 g/mol. The highest BCUT2D eigenvalue weighted by molar-refractivity contribution is 5.99. The minimum atomic E-state index is -4.35. The van der Waals surface area contributed by atoms with E-state index >= 15 is 0 Å². The highest BCUT2D eigenvalue weighted by Crippen LogP contribution is 2.17. The number of rotatable bonds is 6. The summed E-state index contributed by atoms with van der Waals surface area (Å²) in [5, 5.41) is 5.41. The van der Waals surface area contributed by atoms with E-state index in [1.54, 1.807) is 19.2 Å². The molecular formula is C13H17F3N2O2. The number of benzene rings is 1. The van der Waals surface area contributed by atoms with Crippen molar-refractivity contribution in [2.75, 3.05) is 32.1 Å². The molecule has 0 bridgehead atoms. The monoisotopic (exact) mass is 290 g/mol. The Labute approximate surface area is 115 Å². The molecule has 0 aromatic heterocycles. The standard InChI is InChI=1S/C13H17F3N2O2/c1-9-3-4-10(11(7-9)17-2)12(19)18-5-6-20-8-13(14,15)16/h3-4,7,17H,5-6,8H2,1-2H3,(H,18,19). The second kappa shape index (κ2) is 7.14. The molecule has 0 heterocycles. The van der Waals surface area contributed by atoms with Crippen LogP contribution in [0.25, 0.3) is 0 Å². The highest BCUT2D eigenvalue weighted by Gasteiger charge is 2.27. The fourth-order valence-electron chi connectivity index (χ4n) is 1.58. The van der Waals surface area contributed by atoms with Gasteiger partial charge in [-0.15, -0.1) is 0 Å². The summed E-state index contributed by atoms with van der Waals surface area (Å²) >= 11 is 0. The Hall–Kier alpha value is -1.76. The lowest BCUT2D eigenvalue weighted by Gasteiger charge is -2.11. The molecule has 2 N–H and O–H groups in total. The largest absolute Gasteiger partial charge is 0.411 e. The van der Waals surface area contributed by atoms with Gasteiger partial charge in [-0.2, -0.15) is 13.2 Å². The summed E-state index contributed by atoms with van der Waals surface area (Å²) in [5.74, 6) is -0.357. The lowest BCUT2D eigenvalue weighted by molar-refractivity contribution is -0.173. The topological polar surface area (TPSA) is 50.4 Å². The SMILES string of the molecule is CNc1cc(C)ccc1C(=O)NCCOCC(F)(F)F. The zero-order valence-electron chi connectivity index (χ0n) is 11.3. The Morgan fingerprint density at radius 2 is 2.05 bits per heavy atom. The van der Waals surface area contributed by atoms with E-state index in [0.717, 1.165) is 5.56 Å². The van der Waals surface area contributed by atoms with Gasteiger partial charge in [0, 0.05) is 19.3 Å². The summed E-state index contributed by atoms with van der Waals surface area (Å²) in [7, 11) is 1.69. The van der Waals surface area contributed by atoms with E-state index in [4.69, 9.17) is 0 Å². The molecule has 1 aromatic rings. The predicted octanol–water partition coefficient (Wildman–Crippen LogP) is 2.35. The van der Waals surface area contributed by atoms with Crippen LogP contribution in [0.2, 0.25) is 0 Å². The number of anilines is 1. The molecule has 7 heteroatoms. The first-order valence-electron chi connectivity index (χ1n) is 6.04. The van der Waals surface area contributed by atoms with Gasteiger partial charge in [-0.3, -0.25) is 4.79 Å². The van der Waals surface area contributed by atoms with E-state index in [0.29, 0.717) is 11.3 Å². The first-order chi connectivity index (χ1) is 9.33. The van der Waals surface area contributed by atoms with Gasteiger partial charge in [0.2, 0.25) is 0 Å². The molecule has 0 saturated heterocycles. The molecule has 112 valence electrons. The molecule has 0 fully saturated rings. The molecule has 0 radical (unpaired) electrons. The maximum Gasteiger partial charge on any atom is 0.411 e. The van der Waals surface area contributed by atoms with Crippen molar-refractivity contribution in [2.45, 2.75) is 13.1 Å². The molecule has 20 heavy (non-hydrogen) atoms. The Kier molecular flexibility index (Phi) is 5.82. The number of hydrogen-bond acceptors (Lipinski definition) is 3. The van der Waals surface area contributed by atoms with Gasteiger partial charge in [-0.1, -0.05) is 6.07 Å². The smallest absolute Gasteiger partial charge is 0.387 e. The third-order valence-electron chi connectivity index (χ3n) is 2.49. The minimum absolute atomic E-state index is 0.0198. The number of alkyl halides is 3. The average Bonchev–Trinajstić information content (AvgIpc) is 2.36. The van der Waals surface area contributed by atoms with E-state index < -0.39 is 12.8 Å². The minimum Gasteiger partial charge on any atom is -0.387 e. The van der Waals surface area contributed by atoms with Crippen LogP contribution in [0, 0.1) is 6.92 Å². The van der Waals surface area contributed by atoms with Gasteiger partial charge in [-0.25, -0.2) is 0 Å². The maximum atomic E-state index is 11.9. The number of aryl methyl sites for hydroxylation is 1. The van der Waals surface area contributed by atoms with Crippen LogP contribution in [0.3, 0.4) is 0 Å². The van der Waals surface area contributed by atoms with Crippen molar-refractivity contribution < 1.29 is 22.7 Å². The van der Waals surface area contributed by atoms with Crippen molar-refractivity contribution >= 4 is 11.6 Å². The van der Waals surface area contributed by atoms with Crippen molar-refractivity contribution in [2.24, 2.45) is 0 Å². The Morgan fingerprint density at radius 1 is 1.35 bits per heavy atom. The van der Waals surface area contributed by atoms with Gasteiger partial charge in [0.05, 0.1) is 12.2 Å². The van der Waals surface area contributed by atoms with E-state index in [2.05, 4.69) is 15.4 Å². The first-order valence-corrected chi connectivity index (χ1v) is 6.04. The fourth-order valence-corrected chi connectivity index (χ4v) is 1.58. The predicted molar refractivity (Wildman–Crippen MR) is 69.9 cm³/mol. The van der Waals surface area contributed by atoms with E-state index in [9.17, 15) is 18.0 Å². The third-order valence-corrected chi connectivity index (χ3v) is 2.49. The molecule has 1 rings (SSSR count). The van der Waals surface area contributed by atoms with Crippen molar-refractivity contribution in [3.63, 3.8) is 0 Å². The van der Waals surface area contributed by atoms with Crippen LogP contribution in [-0.2, 0) is 4.74 Å². The Morgan fingerprint density at radius 3 is 2.65 bits per heavy atom. The molecule has 4 nitrogen and oxygen atoms in total. The lowest BCUT2D eigenvalue weighted by Crippen LogP contribution is -2.29. The summed E-state index contributed by atoms with van der Waals surface area (Å²) in [4.78, 5) is 11.9. The number of hydrogen-bond donors (Lipinski definition) is 2. The summed E-state index contributed by atoms with van der Waals surface area (Å²) < 4.78 is 39.9. The highest BCUT2D eigenvalue weighted by atomic mass is 19.4. The molecule has 0 unspecified atom stereocenters. The zero-order valence-corrected chi connectivity index (χ0v) is 11.3. The number of ether oxygens (including phenoxy) is 1. The van der Waals surface area contributed by atoms with Crippen LogP contribution in [-0.4, -0.2) is 38.9 Å². The van der Waals surface area contributed by atoms with Crippen LogP contribution in [0.4, 0.5) is 18.9 Å². The van der Waals surface area contributed by atoms with Gasteiger partial charge in [0.25, 0.3) is 5.91 Å². The Bertz CT molecular complexity index is 461. The van der Waals surface area contributed by atoms with Crippen LogP contribution in [0.5, 0.6) is 0 Å². The van der Waals surface area contributed by atoms with Crippen LogP contribution in [0.15, 0.2) is 18.2 Å². The molecular weight excluding hydrogens is 273 g/mol. The van der Waals surface area contributed by atoms with Gasteiger partial charge < -0.3 is 15.4 Å². The summed E-state index contributed by atoms with van der Waals surface area (Å²) in [5.41, 5.74) is 2.10. The maximum absolute atomic E-state index is 11.9. The van der Waals surface area contributed by atoms with Gasteiger partial charge in [0.15, 0.2) is 0 Å². The summed E-state index contributed by atoms with van der Waals surface area (Å²) in [6, 6.07) is 5.26. The molecule has 0 spiro atoms. The first kappa shape index (κ1) is 16.3. The van der Waals surface area contributed by atoms with Crippen LogP contribution in [0.1, 0.15) is 15.9 Å². The van der Waals surface area contributed by atoms with Crippen molar-refractivity contribution in [1.82, 2.24) is 5.32 Å². The molecule has 0 aliphatic rings. The second-order valence-corrected chi connectivity index (χ2v) is 4.22. The van der Waals surface area contributed by atoms with Gasteiger partial charge >= 0.3 is 6.18 Å². The molecule has 1 aromatic carbocycles. The summed E-state index contributed by atoms with van der Waals surface area (Å²) in [6.45, 7) is 0.417. The van der Waals surface area contributed by atoms with Crippen molar-refractivity contribution in [3.8, 4) is 0 Å². The molecule has 1 amide bonds. The third kappa shape index (κ3) is 5.48. The number of halogens is 3. The molecule has 0 aliphatic carbocycles. The van der Waals surface area contributed by atoms with E-state index in [1.807, 2.05) is 13.0 Å². The van der Waals surface area contributed by atoms with Gasteiger partial charge in [-0.05, 0) is 24.6 Å². The van der Waals surface area contributed by atoms with Crippen molar-refractivity contribution in [1.29, 1.82) is 0 Å². The number of carbonyl (C=O) groups excluding carboxylic acids is 1. The molecule has 0 atom stereocenters.